The Morgan fingerprint density at radius 2 is 1.75 bits per heavy atom. The van der Waals surface area contributed by atoms with Gasteiger partial charge in [-0.1, -0.05) is 56.3 Å². The first kappa shape index (κ1) is 18.5. The lowest BCUT2D eigenvalue weighted by Crippen LogP contribution is -2.32. The average Bonchev–Trinajstić information content (AvgIpc) is 2.60. The van der Waals surface area contributed by atoms with E-state index in [1.807, 2.05) is 37.3 Å². The molecular formula is C21H29NO2. The molecule has 0 saturated heterocycles. The molecule has 0 spiro atoms. The molecule has 0 heterocycles. The molecule has 1 N–H and O–H groups in total. The molecule has 0 radical (unpaired) electrons. The zero-order valence-electron chi connectivity index (χ0n) is 15.1. The van der Waals surface area contributed by atoms with Crippen molar-refractivity contribution in [2.75, 3.05) is 14.1 Å². The minimum Gasteiger partial charge on any atom is -0.489 e. The number of hydrogen-bond donors (Lipinski definition) is 1. The number of ether oxygens (including phenoxy) is 1. The number of aliphatic hydroxyl groups is 1. The lowest BCUT2D eigenvalue weighted by atomic mass is 9.88. The Kier molecular flexibility index (Phi) is 6.83. The molecule has 0 fully saturated rings. The summed E-state index contributed by atoms with van der Waals surface area (Å²) in [6.45, 7) is 4.69. The summed E-state index contributed by atoms with van der Waals surface area (Å²) in [5.41, 5.74) is 2.33. The van der Waals surface area contributed by atoms with Crippen LogP contribution in [0.4, 0.5) is 0 Å². The zero-order chi connectivity index (χ0) is 17.5. The molecule has 0 aliphatic rings. The molecule has 3 heteroatoms. The van der Waals surface area contributed by atoms with Gasteiger partial charge in [0.15, 0.2) is 0 Å². The fourth-order valence-corrected chi connectivity index (χ4v) is 3.18. The van der Waals surface area contributed by atoms with E-state index in [2.05, 4.69) is 50.2 Å². The van der Waals surface area contributed by atoms with Gasteiger partial charge in [0, 0.05) is 12.0 Å². The molecule has 0 aromatic heterocycles. The van der Waals surface area contributed by atoms with Gasteiger partial charge in [-0.3, -0.25) is 0 Å². The van der Waals surface area contributed by atoms with Gasteiger partial charge in [-0.2, -0.15) is 0 Å². The maximum absolute atomic E-state index is 10.3. The standard InChI is InChI=1S/C21H29NO2/c1-5-20(23)16(2)21(22(3)4)18-12-9-13-19(14-18)24-15-17-10-7-6-8-11-17/h6-14,16,20-21,23H,5,15H2,1-4H3/t16-,20-,21?/m1/s1. The smallest absolute Gasteiger partial charge is 0.120 e. The van der Waals surface area contributed by atoms with Crippen molar-refractivity contribution in [3.05, 3.63) is 65.7 Å². The molecule has 0 bridgehead atoms. The summed E-state index contributed by atoms with van der Waals surface area (Å²) in [5, 5.41) is 10.3. The van der Waals surface area contributed by atoms with E-state index in [1.54, 1.807) is 0 Å². The Morgan fingerprint density at radius 1 is 1.04 bits per heavy atom. The molecule has 2 rings (SSSR count). The van der Waals surface area contributed by atoms with Crippen molar-refractivity contribution in [3.63, 3.8) is 0 Å². The number of aliphatic hydroxyl groups excluding tert-OH is 1. The van der Waals surface area contributed by atoms with Crippen LogP contribution in [-0.2, 0) is 6.61 Å². The predicted molar refractivity (Wildman–Crippen MR) is 99.1 cm³/mol. The lowest BCUT2D eigenvalue weighted by molar-refractivity contribution is 0.0606. The van der Waals surface area contributed by atoms with Gasteiger partial charge in [-0.25, -0.2) is 0 Å². The molecule has 2 aromatic carbocycles. The van der Waals surface area contributed by atoms with Crippen molar-refractivity contribution in [1.29, 1.82) is 0 Å². The second kappa shape index (κ2) is 8.86. The van der Waals surface area contributed by atoms with Crippen LogP contribution >= 0.6 is 0 Å². The highest BCUT2D eigenvalue weighted by atomic mass is 16.5. The van der Waals surface area contributed by atoms with E-state index >= 15 is 0 Å². The zero-order valence-corrected chi connectivity index (χ0v) is 15.1. The Balaban J connectivity index is 2.14. The van der Waals surface area contributed by atoms with Gasteiger partial charge in [0.25, 0.3) is 0 Å². The summed E-state index contributed by atoms with van der Waals surface area (Å²) in [5.74, 6) is 1.01. The van der Waals surface area contributed by atoms with Gasteiger partial charge >= 0.3 is 0 Å². The van der Waals surface area contributed by atoms with Crippen LogP contribution in [0.3, 0.4) is 0 Å². The molecule has 1 unspecified atom stereocenters. The Morgan fingerprint density at radius 3 is 2.38 bits per heavy atom. The fraction of sp³-hybridized carbons (Fsp3) is 0.429. The molecule has 24 heavy (non-hydrogen) atoms. The first-order chi connectivity index (χ1) is 11.5. The van der Waals surface area contributed by atoms with Crippen LogP contribution in [0.2, 0.25) is 0 Å². The largest absolute Gasteiger partial charge is 0.489 e. The maximum atomic E-state index is 10.3. The summed E-state index contributed by atoms with van der Waals surface area (Å²) >= 11 is 0. The monoisotopic (exact) mass is 327 g/mol. The third-order valence-corrected chi connectivity index (χ3v) is 4.53. The molecule has 0 amide bonds. The summed E-state index contributed by atoms with van der Waals surface area (Å²) < 4.78 is 5.95. The van der Waals surface area contributed by atoms with Crippen molar-refractivity contribution in [2.24, 2.45) is 5.92 Å². The SMILES string of the molecule is CC[C@@H](O)[C@@H](C)C(c1cccc(OCc2ccccc2)c1)N(C)C. The normalized spacial score (nSPS) is 15.1. The highest BCUT2D eigenvalue weighted by Gasteiger charge is 2.26. The van der Waals surface area contributed by atoms with E-state index in [9.17, 15) is 5.11 Å². The van der Waals surface area contributed by atoms with Crippen molar-refractivity contribution in [3.8, 4) is 5.75 Å². The molecule has 3 nitrogen and oxygen atoms in total. The van der Waals surface area contributed by atoms with E-state index in [4.69, 9.17) is 4.74 Å². The van der Waals surface area contributed by atoms with Crippen molar-refractivity contribution in [2.45, 2.75) is 39.0 Å². The van der Waals surface area contributed by atoms with Gasteiger partial charge in [0.1, 0.15) is 12.4 Å². The van der Waals surface area contributed by atoms with Crippen LogP contribution in [0.1, 0.15) is 37.4 Å². The second-order valence-corrected chi connectivity index (χ2v) is 6.59. The van der Waals surface area contributed by atoms with Crippen LogP contribution in [0.5, 0.6) is 5.75 Å². The quantitative estimate of drug-likeness (QED) is 0.786. The number of nitrogens with zero attached hydrogens (tertiary/aromatic N) is 1. The van der Waals surface area contributed by atoms with Crippen molar-refractivity contribution in [1.82, 2.24) is 4.90 Å². The third-order valence-electron chi connectivity index (χ3n) is 4.53. The number of benzene rings is 2. The first-order valence-corrected chi connectivity index (χ1v) is 8.64. The van der Waals surface area contributed by atoms with Gasteiger partial charge in [-0.15, -0.1) is 0 Å². The van der Waals surface area contributed by atoms with Gasteiger partial charge < -0.3 is 14.7 Å². The molecular weight excluding hydrogens is 298 g/mol. The van der Waals surface area contributed by atoms with Crippen LogP contribution in [0.25, 0.3) is 0 Å². The summed E-state index contributed by atoms with van der Waals surface area (Å²) in [7, 11) is 4.11. The predicted octanol–water partition coefficient (Wildman–Crippen LogP) is 4.28. The molecule has 0 saturated carbocycles. The minimum atomic E-state index is -0.314. The summed E-state index contributed by atoms with van der Waals surface area (Å²) in [6, 6.07) is 18.5. The average molecular weight is 327 g/mol. The summed E-state index contributed by atoms with van der Waals surface area (Å²) in [4.78, 5) is 2.17. The Hall–Kier alpha value is -1.84. The second-order valence-electron chi connectivity index (χ2n) is 6.59. The number of hydrogen-bond acceptors (Lipinski definition) is 3. The maximum Gasteiger partial charge on any atom is 0.120 e. The fourth-order valence-electron chi connectivity index (χ4n) is 3.18. The topological polar surface area (TPSA) is 32.7 Å². The highest BCUT2D eigenvalue weighted by molar-refractivity contribution is 5.31. The van der Waals surface area contributed by atoms with E-state index in [-0.39, 0.29) is 18.1 Å². The van der Waals surface area contributed by atoms with E-state index in [0.29, 0.717) is 6.61 Å². The van der Waals surface area contributed by atoms with Crippen molar-refractivity contribution < 1.29 is 9.84 Å². The Bertz CT molecular complexity index is 612. The van der Waals surface area contributed by atoms with Crippen LogP contribution in [-0.4, -0.2) is 30.2 Å². The van der Waals surface area contributed by atoms with E-state index in [0.717, 1.165) is 17.7 Å². The van der Waals surface area contributed by atoms with Crippen LogP contribution in [0.15, 0.2) is 54.6 Å². The third kappa shape index (κ3) is 4.83. The summed E-state index contributed by atoms with van der Waals surface area (Å²) in [6.07, 6.45) is 0.446. The van der Waals surface area contributed by atoms with Gasteiger partial charge in [0.2, 0.25) is 0 Å². The van der Waals surface area contributed by atoms with Gasteiger partial charge in [0.05, 0.1) is 6.10 Å². The molecule has 3 atom stereocenters. The minimum absolute atomic E-state index is 0.148. The van der Waals surface area contributed by atoms with Crippen LogP contribution in [0, 0.1) is 5.92 Å². The van der Waals surface area contributed by atoms with Gasteiger partial charge in [-0.05, 0) is 43.8 Å². The number of rotatable bonds is 8. The van der Waals surface area contributed by atoms with E-state index < -0.39 is 0 Å². The van der Waals surface area contributed by atoms with E-state index in [1.165, 1.54) is 5.56 Å². The Labute approximate surface area is 145 Å². The molecule has 2 aromatic rings. The lowest BCUT2D eigenvalue weighted by Gasteiger charge is -2.33. The molecule has 0 aliphatic heterocycles. The molecule has 130 valence electrons. The highest BCUT2D eigenvalue weighted by Crippen LogP contribution is 2.32. The molecule has 0 aliphatic carbocycles. The van der Waals surface area contributed by atoms with Crippen molar-refractivity contribution >= 4 is 0 Å². The first-order valence-electron chi connectivity index (χ1n) is 8.64. The van der Waals surface area contributed by atoms with Crippen LogP contribution < -0.4 is 4.74 Å².